The maximum Gasteiger partial charge on any atom is 0.123 e. The molecule has 0 heterocycles. The monoisotopic (exact) mass is 236 g/mol. The first-order valence-corrected chi connectivity index (χ1v) is 6.34. The van der Waals surface area contributed by atoms with Crippen molar-refractivity contribution in [2.24, 2.45) is 0 Å². The molecular formula is C14H21FN2. The minimum absolute atomic E-state index is 0.160. The Kier molecular flexibility index (Phi) is 4.13. The molecule has 1 aliphatic rings. The quantitative estimate of drug-likeness (QED) is 0.816. The minimum Gasteiger partial charge on any atom is -0.311 e. The van der Waals surface area contributed by atoms with E-state index in [0.717, 1.165) is 24.7 Å². The van der Waals surface area contributed by atoms with E-state index < -0.39 is 0 Å². The molecule has 0 aromatic heterocycles. The molecule has 0 saturated heterocycles. The van der Waals surface area contributed by atoms with Gasteiger partial charge in [-0.05, 0) is 44.5 Å². The van der Waals surface area contributed by atoms with Gasteiger partial charge in [0.2, 0.25) is 0 Å². The Hall–Kier alpha value is -0.930. The first-order valence-electron chi connectivity index (χ1n) is 6.34. The number of halogens is 1. The molecule has 2 rings (SSSR count). The average Bonchev–Trinajstić information content (AvgIpc) is 3.12. The van der Waals surface area contributed by atoms with Crippen molar-refractivity contribution in [2.75, 3.05) is 13.6 Å². The Morgan fingerprint density at radius 3 is 2.88 bits per heavy atom. The van der Waals surface area contributed by atoms with Gasteiger partial charge in [0.25, 0.3) is 0 Å². The molecule has 1 aromatic carbocycles. The summed E-state index contributed by atoms with van der Waals surface area (Å²) in [4.78, 5) is 2.43. The Bertz CT molecular complexity index is 363. The molecule has 2 nitrogen and oxygen atoms in total. The Balaban J connectivity index is 1.71. The second kappa shape index (κ2) is 5.61. The van der Waals surface area contributed by atoms with E-state index in [2.05, 4.69) is 24.2 Å². The van der Waals surface area contributed by atoms with Crippen molar-refractivity contribution in [3.8, 4) is 0 Å². The maximum atomic E-state index is 13.0. The lowest BCUT2D eigenvalue weighted by atomic mass is 10.2. The van der Waals surface area contributed by atoms with Crippen LogP contribution >= 0.6 is 0 Å². The lowest BCUT2D eigenvalue weighted by molar-refractivity contribution is 0.241. The van der Waals surface area contributed by atoms with Gasteiger partial charge in [-0.25, -0.2) is 4.39 Å². The lowest BCUT2D eigenvalue weighted by Gasteiger charge is -2.24. The van der Waals surface area contributed by atoms with E-state index in [1.807, 2.05) is 6.07 Å². The molecule has 1 aromatic rings. The molecule has 1 atom stereocenters. The van der Waals surface area contributed by atoms with Crippen LogP contribution in [-0.4, -0.2) is 30.6 Å². The normalized spacial score (nSPS) is 17.4. The SMILES string of the molecule is CC(CNCc1cccc(F)c1)N(C)C1CC1. The van der Waals surface area contributed by atoms with Gasteiger partial charge in [0, 0.05) is 25.2 Å². The summed E-state index contributed by atoms with van der Waals surface area (Å²) in [6.07, 6.45) is 2.68. The van der Waals surface area contributed by atoms with Crippen molar-refractivity contribution < 1.29 is 4.39 Å². The Morgan fingerprint density at radius 1 is 1.47 bits per heavy atom. The van der Waals surface area contributed by atoms with Crippen LogP contribution in [0.25, 0.3) is 0 Å². The Labute approximate surface area is 103 Å². The first-order chi connectivity index (χ1) is 8.16. The molecule has 1 unspecified atom stereocenters. The summed E-state index contributed by atoms with van der Waals surface area (Å²) in [5, 5.41) is 3.38. The third-order valence-electron chi connectivity index (χ3n) is 3.48. The van der Waals surface area contributed by atoms with Crippen LogP contribution in [0, 0.1) is 5.82 Å². The molecule has 0 spiro atoms. The summed E-state index contributed by atoms with van der Waals surface area (Å²) in [6, 6.07) is 8.10. The fourth-order valence-electron chi connectivity index (χ4n) is 2.06. The van der Waals surface area contributed by atoms with Crippen LogP contribution in [0.2, 0.25) is 0 Å². The molecule has 0 amide bonds. The fourth-order valence-corrected chi connectivity index (χ4v) is 2.06. The van der Waals surface area contributed by atoms with Crippen LogP contribution in [0.15, 0.2) is 24.3 Å². The molecular weight excluding hydrogens is 215 g/mol. The van der Waals surface area contributed by atoms with Gasteiger partial charge in [-0.2, -0.15) is 0 Å². The zero-order valence-corrected chi connectivity index (χ0v) is 10.6. The lowest BCUT2D eigenvalue weighted by Crippen LogP contribution is -2.38. The van der Waals surface area contributed by atoms with Crippen molar-refractivity contribution in [3.63, 3.8) is 0 Å². The van der Waals surface area contributed by atoms with Gasteiger partial charge in [-0.1, -0.05) is 12.1 Å². The number of hydrogen-bond donors (Lipinski definition) is 1. The van der Waals surface area contributed by atoms with Gasteiger partial charge in [-0.15, -0.1) is 0 Å². The standard InChI is InChI=1S/C14H21FN2/c1-11(17(2)14-6-7-14)9-16-10-12-4-3-5-13(15)8-12/h3-5,8,11,14,16H,6-7,9-10H2,1-2H3. The van der Waals surface area contributed by atoms with Crippen molar-refractivity contribution in [3.05, 3.63) is 35.6 Å². The molecule has 0 aliphatic heterocycles. The summed E-state index contributed by atoms with van der Waals surface area (Å²) < 4.78 is 13.0. The summed E-state index contributed by atoms with van der Waals surface area (Å²) in [5.41, 5.74) is 1.01. The van der Waals surface area contributed by atoms with Crippen LogP contribution in [0.4, 0.5) is 4.39 Å². The van der Waals surface area contributed by atoms with E-state index in [9.17, 15) is 4.39 Å². The van der Waals surface area contributed by atoms with Crippen molar-refractivity contribution in [2.45, 2.75) is 38.4 Å². The molecule has 1 fully saturated rings. The zero-order chi connectivity index (χ0) is 12.3. The van der Waals surface area contributed by atoms with Crippen LogP contribution < -0.4 is 5.32 Å². The third kappa shape index (κ3) is 3.79. The molecule has 0 radical (unpaired) electrons. The van der Waals surface area contributed by atoms with Gasteiger partial charge in [-0.3, -0.25) is 4.90 Å². The zero-order valence-electron chi connectivity index (χ0n) is 10.6. The van der Waals surface area contributed by atoms with Crippen LogP contribution in [-0.2, 0) is 6.54 Å². The number of nitrogens with one attached hydrogen (secondary N) is 1. The van der Waals surface area contributed by atoms with E-state index in [1.54, 1.807) is 12.1 Å². The third-order valence-corrected chi connectivity index (χ3v) is 3.48. The molecule has 94 valence electrons. The first kappa shape index (κ1) is 12.5. The predicted molar refractivity (Wildman–Crippen MR) is 68.4 cm³/mol. The van der Waals surface area contributed by atoms with E-state index in [4.69, 9.17) is 0 Å². The van der Waals surface area contributed by atoms with Crippen molar-refractivity contribution >= 4 is 0 Å². The fraction of sp³-hybridized carbons (Fsp3) is 0.571. The van der Waals surface area contributed by atoms with E-state index in [0.29, 0.717) is 6.04 Å². The minimum atomic E-state index is -0.160. The summed E-state index contributed by atoms with van der Waals surface area (Å²) in [6.45, 7) is 3.92. The van der Waals surface area contributed by atoms with Gasteiger partial charge < -0.3 is 5.32 Å². The summed E-state index contributed by atoms with van der Waals surface area (Å²) in [5.74, 6) is -0.160. The van der Waals surface area contributed by atoms with E-state index in [1.165, 1.54) is 18.9 Å². The summed E-state index contributed by atoms with van der Waals surface area (Å²) >= 11 is 0. The van der Waals surface area contributed by atoms with Crippen molar-refractivity contribution in [1.29, 1.82) is 0 Å². The van der Waals surface area contributed by atoms with Gasteiger partial charge in [0.1, 0.15) is 5.82 Å². The van der Waals surface area contributed by atoms with Crippen LogP contribution in [0.5, 0.6) is 0 Å². The summed E-state index contributed by atoms with van der Waals surface area (Å²) in [7, 11) is 2.19. The maximum absolute atomic E-state index is 13.0. The van der Waals surface area contributed by atoms with Crippen LogP contribution in [0.3, 0.4) is 0 Å². The molecule has 1 saturated carbocycles. The van der Waals surface area contributed by atoms with Gasteiger partial charge >= 0.3 is 0 Å². The second-order valence-corrected chi connectivity index (χ2v) is 5.01. The number of nitrogens with zero attached hydrogens (tertiary/aromatic N) is 1. The molecule has 17 heavy (non-hydrogen) atoms. The van der Waals surface area contributed by atoms with Gasteiger partial charge in [0.15, 0.2) is 0 Å². The largest absolute Gasteiger partial charge is 0.311 e. The molecule has 3 heteroatoms. The number of rotatable bonds is 6. The van der Waals surface area contributed by atoms with Crippen LogP contribution in [0.1, 0.15) is 25.3 Å². The highest BCUT2D eigenvalue weighted by atomic mass is 19.1. The highest BCUT2D eigenvalue weighted by Gasteiger charge is 2.28. The second-order valence-electron chi connectivity index (χ2n) is 5.01. The average molecular weight is 236 g/mol. The molecule has 1 aliphatic carbocycles. The van der Waals surface area contributed by atoms with Crippen molar-refractivity contribution in [1.82, 2.24) is 10.2 Å². The number of benzene rings is 1. The van der Waals surface area contributed by atoms with E-state index in [-0.39, 0.29) is 5.82 Å². The smallest absolute Gasteiger partial charge is 0.123 e. The predicted octanol–water partition coefficient (Wildman–Crippen LogP) is 2.40. The molecule has 1 N–H and O–H groups in total. The van der Waals surface area contributed by atoms with E-state index >= 15 is 0 Å². The molecule has 0 bridgehead atoms. The topological polar surface area (TPSA) is 15.3 Å². The number of likely N-dealkylation sites (N-methyl/N-ethyl adjacent to an activating group) is 1. The number of hydrogen-bond acceptors (Lipinski definition) is 2. The van der Waals surface area contributed by atoms with Gasteiger partial charge in [0.05, 0.1) is 0 Å². The highest BCUT2D eigenvalue weighted by Crippen LogP contribution is 2.26. The highest BCUT2D eigenvalue weighted by molar-refractivity contribution is 5.15. The Morgan fingerprint density at radius 2 is 2.24 bits per heavy atom.